The van der Waals surface area contributed by atoms with Gasteiger partial charge in [-0.05, 0) is 0 Å². The van der Waals surface area contributed by atoms with Crippen LogP contribution < -0.4 is 0 Å². The standard InChI is InChI=1S/C5Cl6N2/c6-1-2(7)12-4(5(9,10)11)13-3(1)8. The van der Waals surface area contributed by atoms with Gasteiger partial charge in [0.15, 0.2) is 16.1 Å². The molecule has 0 aliphatic heterocycles. The van der Waals surface area contributed by atoms with E-state index in [0.29, 0.717) is 0 Å². The molecule has 8 heteroatoms. The first-order valence-electron chi connectivity index (χ1n) is 2.78. The molecule has 2 nitrogen and oxygen atoms in total. The summed E-state index contributed by atoms with van der Waals surface area (Å²) in [6, 6.07) is 0. The summed E-state index contributed by atoms with van der Waals surface area (Å²) in [7, 11) is 0. The van der Waals surface area contributed by atoms with Crippen LogP contribution in [0.15, 0.2) is 0 Å². The van der Waals surface area contributed by atoms with Gasteiger partial charge in [-0.15, -0.1) is 0 Å². The summed E-state index contributed by atoms with van der Waals surface area (Å²) in [6.45, 7) is 0. The molecular weight excluding hydrogens is 301 g/mol. The van der Waals surface area contributed by atoms with Crippen molar-refractivity contribution in [3.05, 3.63) is 21.2 Å². The fourth-order valence-electron chi connectivity index (χ4n) is 0.521. The van der Waals surface area contributed by atoms with Crippen LogP contribution in [0.25, 0.3) is 0 Å². The molecule has 0 fully saturated rings. The molecule has 1 heterocycles. The van der Waals surface area contributed by atoms with Gasteiger partial charge in [0.05, 0.1) is 0 Å². The minimum Gasteiger partial charge on any atom is -0.215 e. The Hall–Kier alpha value is 0.820. The number of halogens is 6. The molecule has 1 aromatic heterocycles. The van der Waals surface area contributed by atoms with E-state index < -0.39 is 3.79 Å². The van der Waals surface area contributed by atoms with E-state index in [1.807, 2.05) is 0 Å². The number of nitrogens with zero attached hydrogens (tertiary/aromatic N) is 2. The first-order chi connectivity index (χ1) is 5.82. The molecule has 0 saturated heterocycles. The molecule has 0 unspecified atom stereocenters. The molecule has 13 heavy (non-hydrogen) atoms. The average Bonchev–Trinajstić information content (AvgIpc) is 1.97. The number of alkyl halides is 3. The Morgan fingerprint density at radius 2 is 1.23 bits per heavy atom. The summed E-state index contributed by atoms with van der Waals surface area (Å²) in [5, 5.41) is -0.0766. The summed E-state index contributed by atoms with van der Waals surface area (Å²) < 4.78 is -1.77. The van der Waals surface area contributed by atoms with Crippen molar-refractivity contribution in [1.29, 1.82) is 0 Å². The third-order valence-electron chi connectivity index (χ3n) is 1.02. The van der Waals surface area contributed by atoms with Gasteiger partial charge in [0.25, 0.3) is 0 Å². The predicted octanol–water partition coefficient (Wildman–Crippen LogP) is 4.26. The lowest BCUT2D eigenvalue weighted by molar-refractivity contribution is 0.970. The van der Waals surface area contributed by atoms with Crippen LogP contribution in [-0.4, -0.2) is 9.97 Å². The Morgan fingerprint density at radius 1 is 0.846 bits per heavy atom. The van der Waals surface area contributed by atoms with Crippen LogP contribution in [0.3, 0.4) is 0 Å². The van der Waals surface area contributed by atoms with E-state index in [1.165, 1.54) is 0 Å². The molecule has 0 aromatic carbocycles. The molecular formula is C5Cl6N2. The fraction of sp³-hybridized carbons (Fsp3) is 0.200. The van der Waals surface area contributed by atoms with Crippen LogP contribution in [0.2, 0.25) is 15.3 Å². The zero-order valence-corrected chi connectivity index (χ0v) is 10.2. The van der Waals surface area contributed by atoms with Crippen molar-refractivity contribution < 1.29 is 0 Å². The monoisotopic (exact) mass is 298 g/mol. The van der Waals surface area contributed by atoms with Crippen LogP contribution in [0.1, 0.15) is 5.82 Å². The number of rotatable bonds is 0. The van der Waals surface area contributed by atoms with E-state index in [-0.39, 0.29) is 21.2 Å². The maximum absolute atomic E-state index is 5.58. The molecule has 0 aliphatic rings. The van der Waals surface area contributed by atoms with Crippen LogP contribution in [-0.2, 0) is 3.79 Å². The van der Waals surface area contributed by atoms with Crippen molar-refractivity contribution >= 4 is 69.6 Å². The molecule has 0 N–H and O–H groups in total. The predicted molar refractivity (Wildman–Crippen MR) is 56.3 cm³/mol. The Kier molecular flexibility index (Phi) is 3.78. The van der Waals surface area contributed by atoms with E-state index in [2.05, 4.69) is 9.97 Å². The van der Waals surface area contributed by atoms with Gasteiger partial charge in [0, 0.05) is 0 Å². The van der Waals surface area contributed by atoms with Crippen molar-refractivity contribution in [2.45, 2.75) is 3.79 Å². The summed E-state index contributed by atoms with van der Waals surface area (Å²) in [6.07, 6.45) is 0. The lowest BCUT2D eigenvalue weighted by atomic mass is 10.6. The van der Waals surface area contributed by atoms with Crippen molar-refractivity contribution in [2.24, 2.45) is 0 Å². The van der Waals surface area contributed by atoms with E-state index in [1.54, 1.807) is 0 Å². The van der Waals surface area contributed by atoms with Gasteiger partial charge in [-0.1, -0.05) is 69.6 Å². The van der Waals surface area contributed by atoms with E-state index in [9.17, 15) is 0 Å². The summed E-state index contributed by atoms with van der Waals surface area (Å²) in [5.41, 5.74) is 0. The maximum atomic E-state index is 5.58. The van der Waals surface area contributed by atoms with Gasteiger partial charge in [-0.3, -0.25) is 0 Å². The molecule has 0 aliphatic carbocycles. The second-order valence-electron chi connectivity index (χ2n) is 1.94. The normalized spacial score (nSPS) is 11.8. The maximum Gasteiger partial charge on any atom is 0.250 e. The van der Waals surface area contributed by atoms with Gasteiger partial charge >= 0.3 is 0 Å². The first-order valence-corrected chi connectivity index (χ1v) is 5.05. The third kappa shape index (κ3) is 2.88. The molecule has 0 bridgehead atoms. The lowest BCUT2D eigenvalue weighted by Crippen LogP contribution is -2.07. The molecule has 0 saturated carbocycles. The minimum atomic E-state index is -1.77. The summed E-state index contributed by atoms with van der Waals surface area (Å²) >= 11 is 33.2. The molecule has 0 spiro atoms. The highest BCUT2D eigenvalue weighted by molar-refractivity contribution is 6.66. The molecule has 0 radical (unpaired) electrons. The van der Waals surface area contributed by atoms with E-state index >= 15 is 0 Å². The van der Waals surface area contributed by atoms with Crippen molar-refractivity contribution in [3.63, 3.8) is 0 Å². The minimum absolute atomic E-state index is 0.0290. The Labute approximate surface area is 104 Å². The van der Waals surface area contributed by atoms with Gasteiger partial charge in [0.1, 0.15) is 5.02 Å². The van der Waals surface area contributed by atoms with Crippen LogP contribution in [0.4, 0.5) is 0 Å². The van der Waals surface area contributed by atoms with Crippen LogP contribution >= 0.6 is 69.6 Å². The lowest BCUT2D eigenvalue weighted by Gasteiger charge is -2.09. The fourth-order valence-corrected chi connectivity index (χ4v) is 1.25. The Morgan fingerprint density at radius 3 is 1.54 bits per heavy atom. The number of aromatic nitrogens is 2. The molecule has 0 amide bonds. The quantitative estimate of drug-likeness (QED) is 0.528. The molecule has 1 rings (SSSR count). The summed E-state index contributed by atoms with van der Waals surface area (Å²) in [5.74, 6) is -0.114. The van der Waals surface area contributed by atoms with Crippen LogP contribution in [0.5, 0.6) is 0 Å². The van der Waals surface area contributed by atoms with Crippen LogP contribution in [0, 0.1) is 0 Å². The second kappa shape index (κ2) is 4.13. The van der Waals surface area contributed by atoms with E-state index in [4.69, 9.17) is 69.6 Å². The summed E-state index contributed by atoms with van der Waals surface area (Å²) in [4.78, 5) is 7.29. The highest BCUT2D eigenvalue weighted by atomic mass is 35.6. The molecule has 0 atom stereocenters. The van der Waals surface area contributed by atoms with Gasteiger partial charge in [0.2, 0.25) is 3.79 Å². The van der Waals surface area contributed by atoms with Gasteiger partial charge in [-0.2, -0.15) is 0 Å². The molecule has 1 aromatic rings. The first kappa shape index (κ1) is 11.9. The zero-order chi connectivity index (χ0) is 10.2. The highest BCUT2D eigenvalue weighted by Gasteiger charge is 2.28. The van der Waals surface area contributed by atoms with Crippen molar-refractivity contribution in [2.75, 3.05) is 0 Å². The highest BCUT2D eigenvalue weighted by Crippen LogP contribution is 2.38. The number of hydrogen-bond acceptors (Lipinski definition) is 2. The topological polar surface area (TPSA) is 25.8 Å². The SMILES string of the molecule is Clc1nc(C(Cl)(Cl)Cl)nc(Cl)c1Cl. The Balaban J connectivity index is 3.29. The smallest absolute Gasteiger partial charge is 0.215 e. The number of hydrogen-bond donors (Lipinski definition) is 0. The zero-order valence-electron chi connectivity index (χ0n) is 5.66. The Bertz CT molecular complexity index is 309. The van der Waals surface area contributed by atoms with Crippen molar-refractivity contribution in [3.8, 4) is 0 Å². The second-order valence-corrected chi connectivity index (χ2v) is 5.32. The van der Waals surface area contributed by atoms with Gasteiger partial charge < -0.3 is 0 Å². The van der Waals surface area contributed by atoms with Gasteiger partial charge in [-0.25, -0.2) is 9.97 Å². The van der Waals surface area contributed by atoms with E-state index in [0.717, 1.165) is 0 Å². The average molecular weight is 301 g/mol. The van der Waals surface area contributed by atoms with Crippen molar-refractivity contribution in [1.82, 2.24) is 9.97 Å². The molecule has 72 valence electrons. The largest absolute Gasteiger partial charge is 0.250 e. The third-order valence-corrected chi connectivity index (χ3v) is 2.63.